The Bertz CT molecular complexity index is 269. The Balaban J connectivity index is 4.36. The lowest BCUT2D eigenvalue weighted by Gasteiger charge is -2.21. The van der Waals surface area contributed by atoms with E-state index in [1.807, 2.05) is 0 Å². The van der Waals surface area contributed by atoms with E-state index < -0.39 is 24.2 Å². The largest absolute Gasteiger partial charge is 0.480 e. The van der Waals surface area contributed by atoms with Crippen molar-refractivity contribution in [3.05, 3.63) is 0 Å². The quantitative estimate of drug-likeness (QED) is 0.441. The Hall–Kier alpha value is -1.14. The van der Waals surface area contributed by atoms with Crippen molar-refractivity contribution in [2.45, 2.75) is 57.7 Å². The molecule has 0 spiro atoms. The van der Waals surface area contributed by atoms with Crippen LogP contribution in [0.25, 0.3) is 0 Å². The van der Waals surface area contributed by atoms with Gasteiger partial charge in [0, 0.05) is 0 Å². The van der Waals surface area contributed by atoms with Crippen LogP contribution in [-0.4, -0.2) is 47.3 Å². The third kappa shape index (κ3) is 5.97. The molecule has 0 unspecified atom stereocenters. The molecule has 6 heteroatoms. The zero-order chi connectivity index (χ0) is 14.1. The maximum atomic E-state index is 11.8. The number of carbonyl (C=O) groups excluding carboxylic acids is 1. The molecule has 0 rings (SSSR count). The molecule has 0 heterocycles. The number of aliphatic hydroxyl groups is 1. The molecular weight excluding hydrogens is 236 g/mol. The first kappa shape index (κ1) is 16.9. The minimum atomic E-state index is -1.26. The van der Waals surface area contributed by atoms with Gasteiger partial charge in [0.25, 0.3) is 0 Å². The van der Waals surface area contributed by atoms with Crippen LogP contribution in [0.5, 0.6) is 0 Å². The summed E-state index contributed by atoms with van der Waals surface area (Å²) < 4.78 is 0. The minimum Gasteiger partial charge on any atom is -0.480 e. The third-order valence-corrected chi connectivity index (χ3v) is 2.81. The van der Waals surface area contributed by atoms with E-state index in [9.17, 15) is 14.7 Å². The summed E-state index contributed by atoms with van der Waals surface area (Å²) in [6, 6.07) is -1.68. The lowest BCUT2D eigenvalue weighted by atomic mass is 10.1. The van der Waals surface area contributed by atoms with Gasteiger partial charge in [0.2, 0.25) is 5.91 Å². The topological polar surface area (TPSA) is 98.7 Å². The second kappa shape index (κ2) is 8.88. The van der Waals surface area contributed by atoms with Crippen LogP contribution in [0.4, 0.5) is 0 Å². The van der Waals surface area contributed by atoms with Gasteiger partial charge in [0.1, 0.15) is 0 Å². The highest BCUT2D eigenvalue weighted by molar-refractivity contribution is 5.87. The van der Waals surface area contributed by atoms with Crippen LogP contribution in [0.15, 0.2) is 0 Å². The SMILES string of the molecule is CCCCC[C@H](NC)C(=O)N[C@H](C(=O)O)[C@@H](C)O. The summed E-state index contributed by atoms with van der Waals surface area (Å²) in [5, 5.41) is 23.4. The molecule has 0 fully saturated rings. The number of unbranched alkanes of at least 4 members (excludes halogenated alkanes) is 2. The maximum Gasteiger partial charge on any atom is 0.328 e. The zero-order valence-corrected chi connectivity index (χ0v) is 11.3. The molecular formula is C12H24N2O4. The number of hydrogen-bond acceptors (Lipinski definition) is 4. The molecule has 6 nitrogen and oxygen atoms in total. The molecule has 0 aliphatic rings. The number of aliphatic carboxylic acids is 1. The molecule has 1 amide bonds. The van der Waals surface area contributed by atoms with Crippen LogP contribution < -0.4 is 10.6 Å². The van der Waals surface area contributed by atoms with E-state index in [4.69, 9.17) is 5.11 Å². The van der Waals surface area contributed by atoms with Crippen LogP contribution in [0.3, 0.4) is 0 Å². The van der Waals surface area contributed by atoms with Crippen molar-refractivity contribution >= 4 is 11.9 Å². The van der Waals surface area contributed by atoms with E-state index in [0.717, 1.165) is 19.3 Å². The van der Waals surface area contributed by atoms with E-state index >= 15 is 0 Å². The average molecular weight is 260 g/mol. The number of carboxylic acid groups (broad SMARTS) is 1. The first-order chi connectivity index (χ1) is 8.43. The summed E-state index contributed by atoms with van der Waals surface area (Å²) in [6.07, 6.45) is 2.53. The van der Waals surface area contributed by atoms with E-state index in [1.165, 1.54) is 6.92 Å². The number of likely N-dealkylation sites (N-methyl/N-ethyl adjacent to an activating group) is 1. The van der Waals surface area contributed by atoms with Crippen LogP contribution in [-0.2, 0) is 9.59 Å². The lowest BCUT2D eigenvalue weighted by Crippen LogP contribution is -2.53. The Morgan fingerprint density at radius 1 is 1.28 bits per heavy atom. The maximum absolute atomic E-state index is 11.8. The molecule has 106 valence electrons. The first-order valence-corrected chi connectivity index (χ1v) is 6.32. The van der Waals surface area contributed by atoms with Gasteiger partial charge in [0.15, 0.2) is 6.04 Å². The third-order valence-electron chi connectivity index (χ3n) is 2.81. The minimum absolute atomic E-state index is 0.387. The highest BCUT2D eigenvalue weighted by atomic mass is 16.4. The summed E-state index contributed by atoms with van der Waals surface area (Å²) in [5.41, 5.74) is 0. The molecule has 0 aromatic carbocycles. The number of hydrogen-bond donors (Lipinski definition) is 4. The van der Waals surface area contributed by atoms with Crippen LogP contribution in [0.2, 0.25) is 0 Å². The molecule has 0 bridgehead atoms. The summed E-state index contributed by atoms with van der Waals surface area (Å²) in [6.45, 7) is 3.41. The molecule has 0 aliphatic heterocycles. The van der Waals surface area contributed by atoms with Crippen molar-refractivity contribution in [2.75, 3.05) is 7.05 Å². The van der Waals surface area contributed by atoms with Crippen molar-refractivity contribution in [2.24, 2.45) is 0 Å². The predicted molar refractivity (Wildman–Crippen MR) is 68.2 cm³/mol. The van der Waals surface area contributed by atoms with Crippen molar-refractivity contribution in [3.63, 3.8) is 0 Å². The number of aliphatic hydroxyl groups excluding tert-OH is 1. The van der Waals surface area contributed by atoms with Crippen molar-refractivity contribution in [1.29, 1.82) is 0 Å². The van der Waals surface area contributed by atoms with Crippen molar-refractivity contribution in [3.8, 4) is 0 Å². The standard InChI is InChI=1S/C12H24N2O4/c1-4-5-6-7-9(13-3)11(16)14-10(8(2)15)12(17)18/h8-10,13,15H,4-7H2,1-3H3,(H,14,16)(H,17,18)/t8-,9+,10+/m1/s1. The Morgan fingerprint density at radius 2 is 1.89 bits per heavy atom. The smallest absolute Gasteiger partial charge is 0.328 e. The molecule has 0 saturated heterocycles. The van der Waals surface area contributed by atoms with Gasteiger partial charge in [-0.05, 0) is 20.4 Å². The number of carboxylic acids is 1. The second-order valence-corrected chi connectivity index (χ2v) is 4.40. The van der Waals surface area contributed by atoms with E-state index in [1.54, 1.807) is 7.05 Å². The van der Waals surface area contributed by atoms with Gasteiger partial charge in [-0.2, -0.15) is 0 Å². The molecule has 0 aromatic heterocycles. The normalized spacial score (nSPS) is 15.8. The zero-order valence-electron chi connectivity index (χ0n) is 11.3. The van der Waals surface area contributed by atoms with Crippen LogP contribution in [0, 0.1) is 0 Å². The van der Waals surface area contributed by atoms with Crippen molar-refractivity contribution in [1.82, 2.24) is 10.6 Å². The van der Waals surface area contributed by atoms with Crippen LogP contribution >= 0.6 is 0 Å². The van der Waals surface area contributed by atoms with Gasteiger partial charge < -0.3 is 20.8 Å². The fraction of sp³-hybridized carbons (Fsp3) is 0.833. The van der Waals surface area contributed by atoms with Crippen molar-refractivity contribution < 1.29 is 19.8 Å². The lowest BCUT2D eigenvalue weighted by molar-refractivity contribution is -0.145. The number of amides is 1. The Labute approximate surface area is 108 Å². The van der Waals surface area contributed by atoms with Gasteiger partial charge in [-0.15, -0.1) is 0 Å². The Morgan fingerprint density at radius 3 is 2.28 bits per heavy atom. The molecule has 4 N–H and O–H groups in total. The summed E-state index contributed by atoms with van der Waals surface area (Å²) >= 11 is 0. The summed E-state index contributed by atoms with van der Waals surface area (Å²) in [5.74, 6) is -1.62. The number of nitrogens with one attached hydrogen (secondary N) is 2. The summed E-state index contributed by atoms with van der Waals surface area (Å²) in [7, 11) is 1.66. The van der Waals surface area contributed by atoms with Gasteiger partial charge >= 0.3 is 5.97 Å². The van der Waals surface area contributed by atoms with Gasteiger partial charge in [-0.3, -0.25) is 4.79 Å². The molecule has 3 atom stereocenters. The van der Waals surface area contributed by atoms with E-state index in [-0.39, 0.29) is 5.91 Å². The Kier molecular flexibility index (Phi) is 8.32. The predicted octanol–water partition coefficient (Wildman–Crippen LogP) is 0.105. The highest BCUT2D eigenvalue weighted by Gasteiger charge is 2.27. The highest BCUT2D eigenvalue weighted by Crippen LogP contribution is 2.04. The fourth-order valence-corrected chi connectivity index (χ4v) is 1.65. The van der Waals surface area contributed by atoms with Gasteiger partial charge in [0.05, 0.1) is 12.1 Å². The first-order valence-electron chi connectivity index (χ1n) is 6.32. The fourth-order valence-electron chi connectivity index (χ4n) is 1.65. The molecule has 0 saturated carbocycles. The van der Waals surface area contributed by atoms with Gasteiger partial charge in [-0.25, -0.2) is 4.79 Å². The number of carbonyl (C=O) groups is 2. The monoisotopic (exact) mass is 260 g/mol. The van der Waals surface area contributed by atoms with Crippen LogP contribution in [0.1, 0.15) is 39.5 Å². The van der Waals surface area contributed by atoms with E-state index in [2.05, 4.69) is 17.6 Å². The summed E-state index contributed by atoms with van der Waals surface area (Å²) in [4.78, 5) is 22.7. The molecule has 0 radical (unpaired) electrons. The van der Waals surface area contributed by atoms with E-state index in [0.29, 0.717) is 6.42 Å². The average Bonchev–Trinajstić information content (AvgIpc) is 2.30. The molecule has 18 heavy (non-hydrogen) atoms. The number of rotatable bonds is 9. The van der Waals surface area contributed by atoms with Gasteiger partial charge in [-0.1, -0.05) is 26.2 Å². The second-order valence-electron chi connectivity index (χ2n) is 4.40. The molecule has 0 aliphatic carbocycles. The molecule has 0 aromatic rings.